The van der Waals surface area contributed by atoms with Crippen molar-refractivity contribution in [2.75, 3.05) is 46.5 Å². The summed E-state index contributed by atoms with van der Waals surface area (Å²) < 4.78 is 16.4. The fraction of sp³-hybridized carbons (Fsp3) is 0.583. The van der Waals surface area contributed by atoms with E-state index in [9.17, 15) is 0 Å². The Balaban J connectivity index is 1.75. The number of rotatable bonds is 10. The summed E-state index contributed by atoms with van der Waals surface area (Å²) in [7, 11) is 1.69. The fourth-order valence-corrected chi connectivity index (χ4v) is 3.98. The van der Waals surface area contributed by atoms with E-state index in [0.29, 0.717) is 6.54 Å². The number of aliphatic imine (C=N–C) groups is 1. The lowest BCUT2D eigenvalue weighted by molar-refractivity contribution is 0.0170. The van der Waals surface area contributed by atoms with Crippen LogP contribution in [0.5, 0.6) is 5.75 Å². The van der Waals surface area contributed by atoms with Crippen LogP contribution in [-0.4, -0.2) is 62.5 Å². The Kier molecular flexibility index (Phi) is 9.37. The number of aryl methyl sites for hydroxylation is 2. The maximum absolute atomic E-state index is 5.58. The fourth-order valence-electron chi connectivity index (χ4n) is 3.98. The molecule has 0 spiro atoms. The van der Waals surface area contributed by atoms with E-state index in [1.807, 2.05) is 12.1 Å². The molecule has 1 aromatic carbocycles. The highest BCUT2D eigenvalue weighted by Crippen LogP contribution is 2.24. The van der Waals surface area contributed by atoms with Gasteiger partial charge in [-0.25, -0.2) is 4.99 Å². The van der Waals surface area contributed by atoms with Crippen LogP contribution in [0, 0.1) is 0 Å². The van der Waals surface area contributed by atoms with E-state index >= 15 is 0 Å². The summed E-state index contributed by atoms with van der Waals surface area (Å²) in [6.07, 6.45) is 1.66. The molecule has 8 nitrogen and oxygen atoms in total. The number of hydrogen-bond donors (Lipinski definition) is 2. The van der Waals surface area contributed by atoms with Crippen molar-refractivity contribution in [3.05, 3.63) is 46.8 Å². The average molecular weight is 444 g/mol. The molecule has 0 amide bonds. The Morgan fingerprint density at radius 1 is 1.12 bits per heavy atom. The third kappa shape index (κ3) is 6.23. The summed E-state index contributed by atoms with van der Waals surface area (Å²) in [6, 6.07) is 8.53. The van der Waals surface area contributed by atoms with E-state index in [-0.39, 0.29) is 6.04 Å². The molecule has 2 N–H and O–H groups in total. The van der Waals surface area contributed by atoms with E-state index in [0.717, 1.165) is 81.0 Å². The van der Waals surface area contributed by atoms with Crippen LogP contribution in [0.25, 0.3) is 0 Å². The Morgan fingerprint density at radius 3 is 2.50 bits per heavy atom. The second-order valence-electron chi connectivity index (χ2n) is 7.75. The van der Waals surface area contributed by atoms with E-state index in [2.05, 4.69) is 53.6 Å². The van der Waals surface area contributed by atoms with Gasteiger partial charge in [-0.1, -0.05) is 31.1 Å². The molecular weight excluding hydrogens is 406 g/mol. The van der Waals surface area contributed by atoms with Gasteiger partial charge < -0.3 is 24.6 Å². The SMILES string of the molecule is CCNC(=NCc1c(CC)noc1CC)NCC(c1ccc(OC)cc1)N1CCOCC1. The number of methoxy groups -OCH3 is 1. The molecule has 176 valence electrons. The first kappa shape index (κ1) is 24.1. The highest BCUT2D eigenvalue weighted by atomic mass is 16.5. The second-order valence-corrected chi connectivity index (χ2v) is 7.75. The van der Waals surface area contributed by atoms with E-state index in [1.54, 1.807) is 7.11 Å². The molecule has 2 heterocycles. The van der Waals surface area contributed by atoms with Crippen molar-refractivity contribution in [1.82, 2.24) is 20.7 Å². The summed E-state index contributed by atoms with van der Waals surface area (Å²) in [6.45, 7) is 11.7. The van der Waals surface area contributed by atoms with Crippen molar-refractivity contribution in [1.29, 1.82) is 0 Å². The molecule has 1 atom stereocenters. The first-order valence-corrected chi connectivity index (χ1v) is 11.6. The summed E-state index contributed by atoms with van der Waals surface area (Å²) in [4.78, 5) is 7.31. The minimum atomic E-state index is 0.210. The van der Waals surface area contributed by atoms with Crippen molar-refractivity contribution in [2.24, 2.45) is 4.99 Å². The van der Waals surface area contributed by atoms with Gasteiger partial charge in [-0.15, -0.1) is 0 Å². The Labute approximate surface area is 191 Å². The third-order valence-electron chi connectivity index (χ3n) is 5.80. The number of ether oxygens (including phenoxy) is 2. The third-order valence-corrected chi connectivity index (χ3v) is 5.80. The predicted octanol–water partition coefficient (Wildman–Crippen LogP) is 2.94. The summed E-state index contributed by atoms with van der Waals surface area (Å²) >= 11 is 0. The number of morpholine rings is 1. The number of nitrogens with zero attached hydrogens (tertiary/aromatic N) is 3. The maximum Gasteiger partial charge on any atom is 0.191 e. The van der Waals surface area contributed by atoms with Crippen LogP contribution in [0.4, 0.5) is 0 Å². The molecule has 1 aliphatic rings. The van der Waals surface area contributed by atoms with E-state index in [4.69, 9.17) is 19.0 Å². The van der Waals surface area contributed by atoms with Crippen molar-refractivity contribution < 1.29 is 14.0 Å². The van der Waals surface area contributed by atoms with Gasteiger partial charge in [0.25, 0.3) is 0 Å². The molecule has 1 fully saturated rings. The van der Waals surface area contributed by atoms with Crippen LogP contribution in [0.3, 0.4) is 0 Å². The van der Waals surface area contributed by atoms with Gasteiger partial charge in [-0.3, -0.25) is 4.90 Å². The molecule has 0 aliphatic carbocycles. The minimum Gasteiger partial charge on any atom is -0.497 e. The largest absolute Gasteiger partial charge is 0.497 e. The van der Waals surface area contributed by atoms with Gasteiger partial charge in [-0.05, 0) is 31.0 Å². The quantitative estimate of drug-likeness (QED) is 0.431. The zero-order valence-electron chi connectivity index (χ0n) is 19.8. The Morgan fingerprint density at radius 2 is 1.88 bits per heavy atom. The van der Waals surface area contributed by atoms with Gasteiger partial charge in [0.15, 0.2) is 5.96 Å². The van der Waals surface area contributed by atoms with E-state index in [1.165, 1.54) is 5.56 Å². The monoisotopic (exact) mass is 443 g/mol. The van der Waals surface area contributed by atoms with Gasteiger partial charge in [0.2, 0.25) is 0 Å². The van der Waals surface area contributed by atoms with Gasteiger partial charge in [0, 0.05) is 38.2 Å². The van der Waals surface area contributed by atoms with Crippen molar-refractivity contribution in [2.45, 2.75) is 46.2 Å². The van der Waals surface area contributed by atoms with Crippen molar-refractivity contribution in [3.8, 4) is 5.75 Å². The number of benzene rings is 1. The standard InChI is InChI=1S/C24H37N5O3/c1-5-21-20(23(6-2)32-28-21)16-26-24(25-7-3)27-17-22(29-12-14-31-15-13-29)18-8-10-19(30-4)11-9-18/h8-11,22H,5-7,12-17H2,1-4H3,(H2,25,26,27). The summed E-state index contributed by atoms with van der Waals surface area (Å²) in [5, 5.41) is 11.1. The van der Waals surface area contributed by atoms with Crippen LogP contribution >= 0.6 is 0 Å². The lowest BCUT2D eigenvalue weighted by Crippen LogP contribution is -2.46. The lowest BCUT2D eigenvalue weighted by Gasteiger charge is -2.35. The molecular formula is C24H37N5O3. The minimum absolute atomic E-state index is 0.210. The summed E-state index contributed by atoms with van der Waals surface area (Å²) in [5.41, 5.74) is 3.34. The van der Waals surface area contributed by atoms with Gasteiger partial charge in [-0.2, -0.15) is 0 Å². The molecule has 2 aromatic rings. The zero-order valence-corrected chi connectivity index (χ0v) is 19.8. The highest BCUT2D eigenvalue weighted by molar-refractivity contribution is 5.79. The lowest BCUT2D eigenvalue weighted by atomic mass is 10.0. The molecule has 1 unspecified atom stereocenters. The first-order chi connectivity index (χ1) is 15.7. The number of guanidine groups is 1. The van der Waals surface area contributed by atoms with Gasteiger partial charge in [0.1, 0.15) is 11.5 Å². The highest BCUT2D eigenvalue weighted by Gasteiger charge is 2.23. The average Bonchev–Trinajstić information content (AvgIpc) is 3.25. The summed E-state index contributed by atoms with van der Waals surface area (Å²) in [5.74, 6) is 2.58. The number of nitrogens with one attached hydrogen (secondary N) is 2. The topological polar surface area (TPSA) is 84.2 Å². The molecule has 1 aromatic heterocycles. The number of hydrogen-bond acceptors (Lipinski definition) is 6. The molecule has 0 bridgehead atoms. The van der Waals surface area contributed by atoms with Crippen molar-refractivity contribution in [3.63, 3.8) is 0 Å². The first-order valence-electron chi connectivity index (χ1n) is 11.6. The van der Waals surface area contributed by atoms with Crippen LogP contribution in [-0.2, 0) is 24.1 Å². The van der Waals surface area contributed by atoms with Crippen LogP contribution in [0.1, 0.15) is 49.4 Å². The van der Waals surface area contributed by atoms with Crippen molar-refractivity contribution >= 4 is 5.96 Å². The smallest absolute Gasteiger partial charge is 0.191 e. The predicted molar refractivity (Wildman–Crippen MR) is 126 cm³/mol. The molecule has 1 aliphatic heterocycles. The molecule has 8 heteroatoms. The van der Waals surface area contributed by atoms with Crippen LogP contribution in [0.2, 0.25) is 0 Å². The molecule has 0 radical (unpaired) electrons. The van der Waals surface area contributed by atoms with Crippen LogP contribution < -0.4 is 15.4 Å². The molecule has 32 heavy (non-hydrogen) atoms. The molecule has 1 saturated heterocycles. The number of aromatic nitrogens is 1. The van der Waals surface area contributed by atoms with Gasteiger partial charge in [0.05, 0.1) is 38.6 Å². The Hall–Kier alpha value is -2.58. The Bertz CT molecular complexity index is 822. The zero-order chi connectivity index (χ0) is 22.8. The second kappa shape index (κ2) is 12.5. The molecule has 3 rings (SSSR count). The maximum atomic E-state index is 5.58. The molecule has 0 saturated carbocycles. The van der Waals surface area contributed by atoms with Crippen LogP contribution in [0.15, 0.2) is 33.8 Å². The van der Waals surface area contributed by atoms with E-state index < -0.39 is 0 Å². The van der Waals surface area contributed by atoms with Gasteiger partial charge >= 0.3 is 0 Å². The normalized spacial score (nSPS) is 16.1.